The molecule has 1 aromatic heterocycles. The summed E-state index contributed by atoms with van der Waals surface area (Å²) >= 11 is 0. The average Bonchev–Trinajstić information content (AvgIpc) is 3.63. The topological polar surface area (TPSA) is 222 Å². The SMILES string of the molecule is CC(C)C[C@H](NCC(O)[C@H](CC(C)C)NC(=O)[C@H](Cc1cncn1COCc1ccccc1)NC(=O)[C@H](Cc1ccccc1)NC(=O)OC(C)(C)C)C(=O)N[C@@H](C(=O)O)C(C)C. The van der Waals surface area contributed by atoms with Crippen LogP contribution in [-0.4, -0.2) is 98.0 Å². The Labute approximate surface area is 366 Å². The molecule has 16 nitrogen and oxygen atoms in total. The number of ether oxygens (including phenoxy) is 2. The van der Waals surface area contributed by atoms with Crippen LogP contribution < -0.4 is 26.6 Å². The monoisotopic (exact) mass is 864 g/mol. The van der Waals surface area contributed by atoms with Crippen LogP contribution in [0.15, 0.2) is 73.2 Å². The minimum atomic E-state index is -1.22. The summed E-state index contributed by atoms with van der Waals surface area (Å²) in [7, 11) is 0. The smallest absolute Gasteiger partial charge is 0.408 e. The molecule has 1 unspecified atom stereocenters. The van der Waals surface area contributed by atoms with E-state index in [1.165, 1.54) is 0 Å². The molecule has 342 valence electrons. The lowest BCUT2D eigenvalue weighted by Gasteiger charge is -2.31. The van der Waals surface area contributed by atoms with E-state index in [4.69, 9.17) is 9.47 Å². The summed E-state index contributed by atoms with van der Waals surface area (Å²) in [6.45, 7) is 16.6. The third-order valence-electron chi connectivity index (χ3n) is 9.82. The van der Waals surface area contributed by atoms with Crippen molar-refractivity contribution in [1.82, 2.24) is 36.1 Å². The van der Waals surface area contributed by atoms with Crippen molar-refractivity contribution in [1.29, 1.82) is 0 Å². The van der Waals surface area contributed by atoms with Crippen LogP contribution >= 0.6 is 0 Å². The van der Waals surface area contributed by atoms with Gasteiger partial charge in [-0.25, -0.2) is 14.6 Å². The number of nitrogens with one attached hydrogen (secondary N) is 5. The minimum absolute atomic E-state index is 0.0107. The molecule has 0 spiro atoms. The van der Waals surface area contributed by atoms with Gasteiger partial charge in [0.25, 0.3) is 0 Å². The Bertz CT molecular complexity index is 1850. The Morgan fingerprint density at radius 1 is 0.726 bits per heavy atom. The molecule has 0 aliphatic heterocycles. The molecule has 0 saturated carbocycles. The molecule has 2 aromatic carbocycles. The molecule has 0 saturated heterocycles. The molecule has 0 fully saturated rings. The second-order valence-electron chi connectivity index (χ2n) is 17.9. The first-order chi connectivity index (χ1) is 29.2. The van der Waals surface area contributed by atoms with Crippen molar-refractivity contribution >= 4 is 29.8 Å². The third-order valence-corrected chi connectivity index (χ3v) is 9.82. The number of aliphatic carboxylic acids is 1. The largest absolute Gasteiger partial charge is 0.480 e. The molecule has 3 rings (SSSR count). The fourth-order valence-electron chi connectivity index (χ4n) is 6.70. The van der Waals surface area contributed by atoms with E-state index >= 15 is 0 Å². The number of rotatable bonds is 25. The van der Waals surface area contributed by atoms with Gasteiger partial charge in [-0.15, -0.1) is 0 Å². The molecule has 4 amide bonds. The van der Waals surface area contributed by atoms with Gasteiger partial charge in [-0.05, 0) is 62.5 Å². The summed E-state index contributed by atoms with van der Waals surface area (Å²) in [4.78, 5) is 71.3. The van der Waals surface area contributed by atoms with E-state index in [-0.39, 0.29) is 43.9 Å². The molecule has 6 atom stereocenters. The molecule has 1 heterocycles. The van der Waals surface area contributed by atoms with Gasteiger partial charge in [0, 0.05) is 31.3 Å². The first-order valence-corrected chi connectivity index (χ1v) is 21.4. The first-order valence-electron chi connectivity index (χ1n) is 21.4. The Balaban J connectivity index is 1.91. The number of aliphatic hydroxyl groups is 1. The number of hydrogen-bond acceptors (Lipinski definition) is 10. The van der Waals surface area contributed by atoms with Crippen molar-refractivity contribution in [2.75, 3.05) is 6.54 Å². The highest BCUT2D eigenvalue weighted by atomic mass is 16.6. The van der Waals surface area contributed by atoms with Crippen molar-refractivity contribution in [3.63, 3.8) is 0 Å². The quantitative estimate of drug-likeness (QED) is 0.0635. The van der Waals surface area contributed by atoms with Crippen molar-refractivity contribution in [3.8, 4) is 0 Å². The average molecular weight is 864 g/mol. The maximum atomic E-state index is 14.5. The van der Waals surface area contributed by atoms with Gasteiger partial charge < -0.3 is 50.8 Å². The van der Waals surface area contributed by atoms with E-state index in [9.17, 15) is 34.2 Å². The summed E-state index contributed by atoms with van der Waals surface area (Å²) in [6, 6.07) is 13.7. The van der Waals surface area contributed by atoms with Gasteiger partial charge >= 0.3 is 12.1 Å². The lowest BCUT2D eigenvalue weighted by molar-refractivity contribution is -0.143. The van der Waals surface area contributed by atoms with E-state index in [0.29, 0.717) is 25.1 Å². The maximum absolute atomic E-state index is 14.5. The van der Waals surface area contributed by atoms with E-state index in [2.05, 4.69) is 31.6 Å². The van der Waals surface area contributed by atoms with Gasteiger partial charge in [-0.3, -0.25) is 14.4 Å². The van der Waals surface area contributed by atoms with Gasteiger partial charge in [0.15, 0.2) is 0 Å². The highest BCUT2D eigenvalue weighted by Crippen LogP contribution is 2.15. The number of carbonyl (C=O) groups is 5. The molecule has 7 N–H and O–H groups in total. The number of benzene rings is 2. The van der Waals surface area contributed by atoms with Crippen LogP contribution in [-0.2, 0) is 54.8 Å². The standard InChI is InChI=1S/C46H69N7O9/c1-29(2)20-35(39(54)25-48-36(21-30(3)4)41(55)52-40(31(5)6)44(58)59)49-43(57)38(23-34-24-47-27-53(34)28-61-26-33-18-14-11-15-19-33)50-42(56)37(22-32-16-12-10-13-17-32)51-45(60)62-46(7,8)9/h10-19,24,27,29-31,35-40,48,54H,20-23,25-26,28H2,1-9H3,(H,49,57)(H,50,56)(H,51,60)(H,52,55)(H,58,59)/t35-,36-,37-,38-,39?,40+/m0/s1. The highest BCUT2D eigenvalue weighted by Gasteiger charge is 2.33. The van der Waals surface area contributed by atoms with Crippen molar-refractivity contribution < 1.29 is 43.7 Å². The van der Waals surface area contributed by atoms with E-state index < -0.39 is 71.7 Å². The second-order valence-corrected chi connectivity index (χ2v) is 17.9. The van der Waals surface area contributed by atoms with Crippen molar-refractivity contribution in [3.05, 3.63) is 90.0 Å². The summed E-state index contributed by atoms with van der Waals surface area (Å²) < 4.78 is 13.2. The number of carbonyl (C=O) groups excluding carboxylic acids is 4. The fourth-order valence-corrected chi connectivity index (χ4v) is 6.70. The van der Waals surface area contributed by atoms with Gasteiger partial charge in [0.2, 0.25) is 17.7 Å². The number of hydrogen-bond donors (Lipinski definition) is 7. The van der Waals surface area contributed by atoms with Crippen LogP contribution in [0.3, 0.4) is 0 Å². The van der Waals surface area contributed by atoms with Crippen LogP contribution in [0.4, 0.5) is 4.79 Å². The Hall–Kier alpha value is -5.32. The van der Waals surface area contributed by atoms with Gasteiger partial charge in [-0.2, -0.15) is 0 Å². The number of carboxylic acids is 1. The number of nitrogens with zero attached hydrogens (tertiary/aromatic N) is 2. The molecule has 62 heavy (non-hydrogen) atoms. The minimum Gasteiger partial charge on any atom is -0.480 e. The van der Waals surface area contributed by atoms with Gasteiger partial charge in [-0.1, -0.05) is 102 Å². The zero-order valence-electron chi connectivity index (χ0n) is 37.7. The molecule has 16 heteroatoms. The Morgan fingerprint density at radius 2 is 1.29 bits per heavy atom. The number of aromatic nitrogens is 2. The van der Waals surface area contributed by atoms with Gasteiger partial charge in [0.05, 0.1) is 31.1 Å². The normalized spacial score (nSPS) is 14.7. The van der Waals surface area contributed by atoms with Crippen LogP contribution in [0.25, 0.3) is 0 Å². The maximum Gasteiger partial charge on any atom is 0.408 e. The summed E-state index contributed by atoms with van der Waals surface area (Å²) in [5.41, 5.74) is 1.47. The predicted octanol–water partition coefficient (Wildman–Crippen LogP) is 4.34. The molecule has 0 radical (unpaired) electrons. The number of amides is 4. The van der Waals surface area contributed by atoms with E-state index in [1.54, 1.807) is 51.7 Å². The molecule has 0 aliphatic carbocycles. The van der Waals surface area contributed by atoms with Crippen LogP contribution in [0.2, 0.25) is 0 Å². The third kappa shape index (κ3) is 18.3. The molecular weight excluding hydrogens is 795 g/mol. The predicted molar refractivity (Wildman–Crippen MR) is 235 cm³/mol. The number of imidazole rings is 1. The summed E-state index contributed by atoms with van der Waals surface area (Å²) in [5, 5.41) is 35.6. The second kappa shape index (κ2) is 25.0. The molecular formula is C46H69N7O9. The molecule has 3 aromatic rings. The fraction of sp³-hybridized carbons (Fsp3) is 0.565. The molecule has 0 aliphatic rings. The molecule has 0 bridgehead atoms. The van der Waals surface area contributed by atoms with E-state index in [1.807, 2.05) is 88.4 Å². The lowest BCUT2D eigenvalue weighted by atomic mass is 9.97. The first kappa shape index (κ1) is 51.0. The van der Waals surface area contributed by atoms with Crippen LogP contribution in [0, 0.1) is 17.8 Å². The zero-order valence-corrected chi connectivity index (χ0v) is 37.7. The summed E-state index contributed by atoms with van der Waals surface area (Å²) in [6.07, 6.45) is 1.92. The van der Waals surface area contributed by atoms with Gasteiger partial charge in [0.1, 0.15) is 30.5 Å². The Morgan fingerprint density at radius 3 is 1.85 bits per heavy atom. The summed E-state index contributed by atoms with van der Waals surface area (Å²) in [5.74, 6) is -3.19. The van der Waals surface area contributed by atoms with E-state index in [0.717, 1.165) is 11.1 Å². The van der Waals surface area contributed by atoms with Crippen molar-refractivity contribution in [2.45, 2.75) is 143 Å². The Kier molecular flexibility index (Phi) is 20.5. The lowest BCUT2D eigenvalue weighted by Crippen LogP contribution is -2.59. The van der Waals surface area contributed by atoms with Crippen LogP contribution in [0.1, 0.15) is 92.0 Å². The van der Waals surface area contributed by atoms with Crippen LogP contribution in [0.5, 0.6) is 0 Å². The van der Waals surface area contributed by atoms with Crippen molar-refractivity contribution in [2.24, 2.45) is 17.8 Å². The highest BCUT2D eigenvalue weighted by molar-refractivity contribution is 5.92. The number of carboxylic acid groups (broad SMARTS) is 1. The number of aliphatic hydroxyl groups excluding tert-OH is 1. The number of alkyl carbamates (subject to hydrolysis) is 1. The zero-order chi connectivity index (χ0) is 46.0.